The maximum Gasteiger partial charge on any atom is 0.306 e. The van der Waals surface area contributed by atoms with Crippen LogP contribution in [0.25, 0.3) is 0 Å². The highest BCUT2D eigenvalue weighted by molar-refractivity contribution is 5.71. The molecule has 0 bridgehead atoms. The normalized spacial score (nSPS) is 42.4. The van der Waals surface area contributed by atoms with Gasteiger partial charge in [-0.25, -0.2) is 0 Å². The molecule has 1 saturated heterocycles. The molecule has 1 heterocycles. The first-order valence-electron chi connectivity index (χ1n) is 11.5. The summed E-state index contributed by atoms with van der Waals surface area (Å²) in [4.78, 5) is 24.0. The number of esters is 2. The highest BCUT2D eigenvalue weighted by Crippen LogP contribution is 2.61. The molecule has 1 aliphatic heterocycles. The topological polar surface area (TPSA) is 52.6 Å². The SMILES string of the molecule is CCCCC(=O)O[C@H]1CC[C@@]2(C)C(=CC[C@@H]3[C@@H]2CC[C@]2(C)OC(=O)CC[C@@H]32)C1. The number of hydrogen-bond donors (Lipinski definition) is 0. The molecule has 0 aromatic heterocycles. The summed E-state index contributed by atoms with van der Waals surface area (Å²) in [7, 11) is 0. The minimum Gasteiger partial charge on any atom is -0.462 e. The fourth-order valence-corrected chi connectivity index (χ4v) is 6.81. The second kappa shape index (κ2) is 7.50. The van der Waals surface area contributed by atoms with Crippen LogP contribution in [-0.4, -0.2) is 23.6 Å². The maximum absolute atomic E-state index is 12.1. The third kappa shape index (κ3) is 3.41. The Morgan fingerprint density at radius 3 is 2.82 bits per heavy atom. The van der Waals surface area contributed by atoms with Gasteiger partial charge in [-0.3, -0.25) is 9.59 Å². The van der Waals surface area contributed by atoms with Gasteiger partial charge in [0.25, 0.3) is 0 Å². The average Bonchev–Trinajstić information content (AvgIpc) is 2.65. The lowest BCUT2D eigenvalue weighted by Gasteiger charge is -2.59. The van der Waals surface area contributed by atoms with Gasteiger partial charge in [-0.05, 0) is 69.1 Å². The number of unbranched alkanes of at least 4 members (excludes halogenated alkanes) is 1. The van der Waals surface area contributed by atoms with E-state index in [4.69, 9.17) is 9.47 Å². The molecule has 2 saturated carbocycles. The van der Waals surface area contributed by atoms with Gasteiger partial charge >= 0.3 is 11.9 Å². The van der Waals surface area contributed by atoms with Crippen molar-refractivity contribution in [2.45, 2.75) is 103 Å². The van der Waals surface area contributed by atoms with Gasteiger partial charge in [0.2, 0.25) is 0 Å². The fourth-order valence-electron chi connectivity index (χ4n) is 6.81. The van der Waals surface area contributed by atoms with Gasteiger partial charge in [-0.2, -0.15) is 0 Å². The first-order valence-corrected chi connectivity index (χ1v) is 11.5. The van der Waals surface area contributed by atoms with Crippen LogP contribution in [0.5, 0.6) is 0 Å². The second-order valence-corrected chi connectivity index (χ2v) is 10.1. The van der Waals surface area contributed by atoms with Crippen molar-refractivity contribution in [1.29, 1.82) is 0 Å². The van der Waals surface area contributed by atoms with Crippen LogP contribution in [-0.2, 0) is 19.1 Å². The van der Waals surface area contributed by atoms with Crippen LogP contribution >= 0.6 is 0 Å². The Hall–Kier alpha value is -1.32. The third-order valence-electron chi connectivity index (χ3n) is 8.43. The summed E-state index contributed by atoms with van der Waals surface area (Å²) >= 11 is 0. The van der Waals surface area contributed by atoms with E-state index in [-0.39, 0.29) is 29.1 Å². The molecule has 0 aromatic carbocycles. The first kappa shape index (κ1) is 20.0. The molecule has 156 valence electrons. The van der Waals surface area contributed by atoms with Crippen molar-refractivity contribution in [3.63, 3.8) is 0 Å². The molecule has 0 unspecified atom stereocenters. The van der Waals surface area contributed by atoms with Crippen molar-refractivity contribution in [2.24, 2.45) is 23.2 Å². The third-order valence-corrected chi connectivity index (χ3v) is 8.43. The van der Waals surface area contributed by atoms with Crippen LogP contribution < -0.4 is 0 Å². The van der Waals surface area contributed by atoms with E-state index in [0.717, 1.165) is 57.8 Å². The van der Waals surface area contributed by atoms with Crippen LogP contribution in [0.4, 0.5) is 0 Å². The monoisotopic (exact) mass is 388 g/mol. The molecule has 0 N–H and O–H groups in total. The number of carbonyl (C=O) groups excluding carboxylic acids is 2. The van der Waals surface area contributed by atoms with Crippen LogP contribution in [0.15, 0.2) is 11.6 Å². The standard InChI is InChI=1S/C24H36O4/c1-4-5-6-21(25)27-17-11-13-23(2)16(15-17)7-8-18-19(23)12-14-24(3)20(18)9-10-22(26)28-24/h7,17-20H,4-6,8-15H2,1-3H3/t17-,18+,19-,20-,23-,24-/m0/s1. The van der Waals surface area contributed by atoms with Crippen LogP contribution in [0, 0.1) is 23.2 Å². The molecule has 0 radical (unpaired) electrons. The zero-order valence-electron chi connectivity index (χ0n) is 17.8. The van der Waals surface area contributed by atoms with Gasteiger partial charge in [-0.15, -0.1) is 0 Å². The Kier molecular flexibility index (Phi) is 5.35. The maximum atomic E-state index is 12.1. The summed E-state index contributed by atoms with van der Waals surface area (Å²) < 4.78 is 11.7. The summed E-state index contributed by atoms with van der Waals surface area (Å²) in [5.41, 5.74) is 1.48. The zero-order valence-corrected chi connectivity index (χ0v) is 17.8. The summed E-state index contributed by atoms with van der Waals surface area (Å²) in [6.45, 7) is 6.71. The van der Waals surface area contributed by atoms with Crippen molar-refractivity contribution >= 4 is 11.9 Å². The number of allylic oxidation sites excluding steroid dienone is 1. The van der Waals surface area contributed by atoms with Crippen molar-refractivity contribution in [3.8, 4) is 0 Å². The van der Waals surface area contributed by atoms with E-state index in [0.29, 0.717) is 30.6 Å². The number of fused-ring (bicyclic) bond motifs is 5. The largest absolute Gasteiger partial charge is 0.462 e. The van der Waals surface area contributed by atoms with E-state index < -0.39 is 0 Å². The summed E-state index contributed by atoms with van der Waals surface area (Å²) in [6, 6.07) is 0. The van der Waals surface area contributed by atoms with Crippen molar-refractivity contribution < 1.29 is 19.1 Å². The molecular weight excluding hydrogens is 352 g/mol. The van der Waals surface area contributed by atoms with Crippen molar-refractivity contribution in [2.75, 3.05) is 0 Å². The molecule has 3 fully saturated rings. The Morgan fingerprint density at radius 1 is 1.21 bits per heavy atom. The number of rotatable bonds is 4. The highest BCUT2D eigenvalue weighted by atomic mass is 16.6. The average molecular weight is 389 g/mol. The molecule has 0 spiro atoms. The lowest BCUT2D eigenvalue weighted by molar-refractivity contribution is -0.193. The molecule has 3 aliphatic carbocycles. The molecule has 0 aromatic rings. The number of carbonyl (C=O) groups is 2. The molecule has 6 atom stereocenters. The first-order chi connectivity index (χ1) is 13.4. The lowest BCUT2D eigenvalue weighted by Crippen LogP contribution is -2.56. The Morgan fingerprint density at radius 2 is 2.04 bits per heavy atom. The quantitative estimate of drug-likeness (QED) is 0.481. The molecule has 4 nitrogen and oxygen atoms in total. The molecule has 0 amide bonds. The van der Waals surface area contributed by atoms with Crippen molar-refractivity contribution in [1.82, 2.24) is 0 Å². The Labute approximate surface area is 169 Å². The van der Waals surface area contributed by atoms with E-state index in [2.05, 4.69) is 26.8 Å². The molecule has 4 heteroatoms. The van der Waals surface area contributed by atoms with E-state index >= 15 is 0 Å². The van der Waals surface area contributed by atoms with E-state index in [1.54, 1.807) is 0 Å². The minimum absolute atomic E-state index is 0.0131. The van der Waals surface area contributed by atoms with Gasteiger partial charge in [0.1, 0.15) is 11.7 Å². The Balaban J connectivity index is 1.47. The van der Waals surface area contributed by atoms with Gasteiger partial charge in [-0.1, -0.05) is 31.9 Å². The van der Waals surface area contributed by atoms with E-state index in [1.165, 1.54) is 5.57 Å². The summed E-state index contributed by atoms with van der Waals surface area (Å²) in [6.07, 6.45) is 12.8. The van der Waals surface area contributed by atoms with Gasteiger partial charge < -0.3 is 9.47 Å². The summed E-state index contributed by atoms with van der Waals surface area (Å²) in [5, 5.41) is 0. The Bertz CT molecular complexity index is 668. The minimum atomic E-state index is -0.260. The van der Waals surface area contributed by atoms with Gasteiger partial charge in [0.15, 0.2) is 0 Å². The van der Waals surface area contributed by atoms with Crippen LogP contribution in [0.1, 0.15) is 91.4 Å². The number of hydrogen-bond acceptors (Lipinski definition) is 4. The molecule has 4 rings (SSSR count). The zero-order chi connectivity index (χ0) is 19.9. The predicted molar refractivity (Wildman–Crippen MR) is 107 cm³/mol. The fraction of sp³-hybridized carbons (Fsp3) is 0.833. The van der Waals surface area contributed by atoms with Crippen LogP contribution in [0.3, 0.4) is 0 Å². The lowest BCUT2D eigenvalue weighted by atomic mass is 9.49. The van der Waals surface area contributed by atoms with Crippen molar-refractivity contribution in [3.05, 3.63) is 11.6 Å². The molecule has 28 heavy (non-hydrogen) atoms. The van der Waals surface area contributed by atoms with E-state index in [9.17, 15) is 9.59 Å². The van der Waals surface area contributed by atoms with Gasteiger partial charge in [0, 0.05) is 25.2 Å². The predicted octanol–water partition coefficient (Wildman–Crippen LogP) is 5.35. The second-order valence-electron chi connectivity index (χ2n) is 10.1. The molecular formula is C24H36O4. The van der Waals surface area contributed by atoms with E-state index in [1.807, 2.05) is 0 Å². The van der Waals surface area contributed by atoms with Crippen LogP contribution in [0.2, 0.25) is 0 Å². The molecule has 4 aliphatic rings. The summed E-state index contributed by atoms with van der Waals surface area (Å²) in [5.74, 6) is 1.73. The van der Waals surface area contributed by atoms with Gasteiger partial charge in [0.05, 0.1) is 0 Å². The smallest absolute Gasteiger partial charge is 0.306 e. The number of ether oxygens (including phenoxy) is 2. The highest BCUT2D eigenvalue weighted by Gasteiger charge is 2.57.